The van der Waals surface area contributed by atoms with Gasteiger partial charge in [0.15, 0.2) is 17.3 Å². The molecular formula is C21H14FN3O3. The second kappa shape index (κ2) is 6.62. The van der Waals surface area contributed by atoms with Gasteiger partial charge in [0.05, 0.1) is 5.56 Å². The summed E-state index contributed by atoms with van der Waals surface area (Å²) < 4.78 is 14.2. The van der Waals surface area contributed by atoms with E-state index in [9.17, 15) is 19.1 Å². The van der Waals surface area contributed by atoms with Crippen LogP contribution in [-0.2, 0) is 0 Å². The molecule has 7 heteroatoms. The molecule has 0 aliphatic heterocycles. The molecule has 4 aromatic rings. The van der Waals surface area contributed by atoms with Gasteiger partial charge >= 0.3 is 0 Å². The number of amides is 1. The third kappa shape index (κ3) is 2.88. The van der Waals surface area contributed by atoms with Gasteiger partial charge in [-0.05, 0) is 35.9 Å². The van der Waals surface area contributed by atoms with Crippen molar-refractivity contribution < 1.29 is 19.1 Å². The number of aromatic amines is 1. The molecule has 4 N–H and O–H groups in total. The van der Waals surface area contributed by atoms with E-state index >= 15 is 0 Å². The Hall–Kier alpha value is -4.00. The number of phenols is 1. The fraction of sp³-hybridized carbons (Fsp3) is 0. The molecule has 0 atom stereocenters. The van der Waals surface area contributed by atoms with Crippen LogP contribution >= 0.6 is 0 Å². The molecule has 1 amide bonds. The van der Waals surface area contributed by atoms with E-state index in [0.29, 0.717) is 27.7 Å². The number of primary amides is 1. The van der Waals surface area contributed by atoms with Crippen molar-refractivity contribution in [2.45, 2.75) is 0 Å². The molecule has 0 aliphatic carbocycles. The molecule has 2 aromatic heterocycles. The number of nitrogens with zero attached hydrogens (tertiary/aromatic N) is 1. The molecule has 0 unspecified atom stereocenters. The molecule has 2 aromatic carbocycles. The monoisotopic (exact) mass is 375 g/mol. The topological polar surface area (TPSA) is 109 Å². The number of aromatic nitrogens is 2. The summed E-state index contributed by atoms with van der Waals surface area (Å²) >= 11 is 0. The largest absolute Gasteiger partial charge is 0.505 e. The lowest BCUT2D eigenvalue weighted by molar-refractivity contribution is 0.0998. The second-order valence-electron chi connectivity index (χ2n) is 6.24. The standard InChI is InChI=1S/C21H14FN3O3/c22-18-14(5-2-6-17(18)26)19(27)16-10-25-21-15(16)8-13(9-24-21)11-3-1-4-12(7-11)20(23)28/h1-10,26H,(H2,23,28)(H,24,25). The van der Waals surface area contributed by atoms with Gasteiger partial charge in [-0.25, -0.2) is 9.37 Å². The summed E-state index contributed by atoms with van der Waals surface area (Å²) in [6, 6.07) is 12.3. The first-order chi connectivity index (χ1) is 13.5. The van der Waals surface area contributed by atoms with Crippen LogP contribution in [0.25, 0.3) is 22.2 Å². The molecule has 28 heavy (non-hydrogen) atoms. The number of hydrogen-bond donors (Lipinski definition) is 3. The zero-order valence-electron chi connectivity index (χ0n) is 14.4. The van der Waals surface area contributed by atoms with E-state index in [0.717, 1.165) is 0 Å². The number of halogens is 1. The number of hydrogen-bond acceptors (Lipinski definition) is 4. The predicted molar refractivity (Wildman–Crippen MR) is 102 cm³/mol. The Bertz CT molecular complexity index is 1250. The summed E-state index contributed by atoms with van der Waals surface area (Å²) in [4.78, 5) is 31.4. The maximum absolute atomic E-state index is 14.2. The zero-order valence-corrected chi connectivity index (χ0v) is 14.4. The van der Waals surface area contributed by atoms with E-state index in [1.165, 1.54) is 24.4 Å². The summed E-state index contributed by atoms with van der Waals surface area (Å²) in [6.45, 7) is 0. The Labute approximate surface area is 158 Å². The minimum Gasteiger partial charge on any atom is -0.505 e. The van der Waals surface area contributed by atoms with Crippen molar-refractivity contribution in [3.05, 3.63) is 83.4 Å². The van der Waals surface area contributed by atoms with Gasteiger partial charge in [0.2, 0.25) is 5.91 Å². The van der Waals surface area contributed by atoms with Crippen LogP contribution in [0.4, 0.5) is 4.39 Å². The predicted octanol–water partition coefficient (Wildman–Crippen LogP) is 3.40. The molecule has 4 rings (SSSR count). The quantitative estimate of drug-likeness (QED) is 0.475. The highest BCUT2D eigenvalue weighted by atomic mass is 19.1. The Balaban J connectivity index is 1.83. The molecule has 6 nitrogen and oxygen atoms in total. The Kier molecular flexibility index (Phi) is 4.12. The lowest BCUT2D eigenvalue weighted by Crippen LogP contribution is -2.10. The van der Waals surface area contributed by atoms with E-state index in [2.05, 4.69) is 9.97 Å². The average molecular weight is 375 g/mol. The number of H-pyrrole nitrogens is 1. The van der Waals surface area contributed by atoms with E-state index in [1.807, 2.05) is 0 Å². The molecular weight excluding hydrogens is 361 g/mol. The fourth-order valence-corrected chi connectivity index (χ4v) is 3.04. The number of ketones is 1. The van der Waals surface area contributed by atoms with Crippen molar-refractivity contribution in [1.29, 1.82) is 0 Å². The molecule has 0 spiro atoms. The van der Waals surface area contributed by atoms with Gasteiger partial charge in [-0.15, -0.1) is 0 Å². The lowest BCUT2D eigenvalue weighted by atomic mass is 9.99. The number of aromatic hydroxyl groups is 1. The van der Waals surface area contributed by atoms with Crippen molar-refractivity contribution in [2.75, 3.05) is 0 Å². The van der Waals surface area contributed by atoms with Crippen molar-refractivity contribution in [2.24, 2.45) is 5.73 Å². The van der Waals surface area contributed by atoms with E-state index < -0.39 is 23.3 Å². The molecule has 0 aliphatic rings. The van der Waals surface area contributed by atoms with Crippen LogP contribution in [0.2, 0.25) is 0 Å². The number of fused-ring (bicyclic) bond motifs is 1. The Morgan fingerprint density at radius 1 is 1.04 bits per heavy atom. The number of benzene rings is 2. The molecule has 2 heterocycles. The highest BCUT2D eigenvalue weighted by Gasteiger charge is 2.20. The molecule has 0 radical (unpaired) electrons. The van der Waals surface area contributed by atoms with Crippen LogP contribution in [-0.4, -0.2) is 26.8 Å². The number of phenolic OH excluding ortho intramolecular Hbond substituents is 1. The van der Waals surface area contributed by atoms with Gasteiger partial charge < -0.3 is 15.8 Å². The lowest BCUT2D eigenvalue weighted by Gasteiger charge is -2.05. The summed E-state index contributed by atoms with van der Waals surface area (Å²) in [5.41, 5.74) is 7.50. The molecule has 0 bridgehead atoms. The number of pyridine rings is 1. The summed E-state index contributed by atoms with van der Waals surface area (Å²) in [7, 11) is 0. The van der Waals surface area contributed by atoms with E-state index in [1.54, 1.807) is 36.5 Å². The zero-order chi connectivity index (χ0) is 19.8. The molecule has 0 saturated heterocycles. The van der Waals surface area contributed by atoms with Crippen molar-refractivity contribution in [3.63, 3.8) is 0 Å². The van der Waals surface area contributed by atoms with Gasteiger partial charge in [0.1, 0.15) is 5.65 Å². The van der Waals surface area contributed by atoms with Crippen LogP contribution < -0.4 is 5.73 Å². The third-order valence-electron chi connectivity index (χ3n) is 4.48. The molecule has 138 valence electrons. The average Bonchev–Trinajstić information content (AvgIpc) is 3.13. The Morgan fingerprint density at radius 3 is 2.61 bits per heavy atom. The van der Waals surface area contributed by atoms with Gasteiger partial charge in [0.25, 0.3) is 0 Å². The SMILES string of the molecule is NC(=O)c1cccc(-c2cnc3[nH]cc(C(=O)c4cccc(O)c4F)c3c2)c1. The van der Waals surface area contributed by atoms with Crippen LogP contribution in [0.1, 0.15) is 26.3 Å². The molecule has 0 saturated carbocycles. The van der Waals surface area contributed by atoms with Crippen LogP contribution in [0.3, 0.4) is 0 Å². The van der Waals surface area contributed by atoms with Gasteiger partial charge in [-0.2, -0.15) is 0 Å². The van der Waals surface area contributed by atoms with E-state index in [-0.39, 0.29) is 11.1 Å². The fourth-order valence-electron chi connectivity index (χ4n) is 3.04. The summed E-state index contributed by atoms with van der Waals surface area (Å²) in [6.07, 6.45) is 3.05. The van der Waals surface area contributed by atoms with Crippen molar-refractivity contribution >= 4 is 22.7 Å². The summed E-state index contributed by atoms with van der Waals surface area (Å²) in [5, 5.41) is 10.0. The number of rotatable bonds is 4. The van der Waals surface area contributed by atoms with Gasteiger partial charge in [-0.3, -0.25) is 9.59 Å². The minimum atomic E-state index is -0.972. The van der Waals surface area contributed by atoms with Crippen molar-refractivity contribution in [1.82, 2.24) is 9.97 Å². The second-order valence-corrected chi connectivity index (χ2v) is 6.24. The maximum atomic E-state index is 14.2. The Morgan fingerprint density at radius 2 is 1.82 bits per heavy atom. The van der Waals surface area contributed by atoms with Crippen molar-refractivity contribution in [3.8, 4) is 16.9 Å². The highest BCUT2D eigenvalue weighted by molar-refractivity contribution is 6.16. The first-order valence-electron chi connectivity index (χ1n) is 8.35. The smallest absolute Gasteiger partial charge is 0.248 e. The first kappa shape index (κ1) is 17.4. The van der Waals surface area contributed by atoms with Gasteiger partial charge in [0, 0.05) is 34.5 Å². The minimum absolute atomic E-state index is 0.222. The van der Waals surface area contributed by atoms with Crippen LogP contribution in [0.15, 0.2) is 60.9 Å². The maximum Gasteiger partial charge on any atom is 0.248 e. The highest BCUT2D eigenvalue weighted by Crippen LogP contribution is 2.28. The normalized spacial score (nSPS) is 10.9. The number of nitrogens with one attached hydrogen (secondary N) is 1. The number of carbonyl (C=O) groups is 2. The number of carbonyl (C=O) groups excluding carboxylic acids is 2. The molecule has 0 fully saturated rings. The van der Waals surface area contributed by atoms with Gasteiger partial charge in [-0.1, -0.05) is 18.2 Å². The van der Waals surface area contributed by atoms with Crippen LogP contribution in [0, 0.1) is 5.82 Å². The summed E-state index contributed by atoms with van der Waals surface area (Å²) in [5.74, 6) is -2.69. The van der Waals surface area contributed by atoms with Crippen LogP contribution in [0.5, 0.6) is 5.75 Å². The first-order valence-corrected chi connectivity index (χ1v) is 8.35. The van der Waals surface area contributed by atoms with E-state index in [4.69, 9.17) is 5.73 Å². The number of nitrogens with two attached hydrogens (primary N) is 1. The third-order valence-corrected chi connectivity index (χ3v) is 4.48.